The van der Waals surface area contributed by atoms with Crippen LogP contribution in [0.15, 0.2) is 33.8 Å². The Morgan fingerprint density at radius 3 is 2.70 bits per heavy atom. The van der Waals surface area contributed by atoms with Crippen molar-refractivity contribution in [3.63, 3.8) is 0 Å². The number of benzene rings is 1. The Kier molecular flexibility index (Phi) is 8.64. The third kappa shape index (κ3) is 6.86. The van der Waals surface area contributed by atoms with Crippen molar-refractivity contribution < 1.29 is 13.5 Å². The molecule has 0 saturated heterocycles. The Hall–Kier alpha value is -2.26. The molecule has 178 valence electrons. The van der Waals surface area contributed by atoms with E-state index in [1.165, 1.54) is 0 Å². The normalized spacial score (nSPS) is 19.5. The molecule has 0 spiro atoms. The van der Waals surface area contributed by atoms with Gasteiger partial charge in [0, 0.05) is 30.4 Å². The van der Waals surface area contributed by atoms with E-state index in [2.05, 4.69) is 47.3 Å². The molecule has 1 aliphatic carbocycles. The van der Waals surface area contributed by atoms with Crippen LogP contribution in [0.2, 0.25) is 0 Å². The lowest BCUT2D eigenvalue weighted by atomic mass is 9.83. The van der Waals surface area contributed by atoms with E-state index in [0.717, 1.165) is 25.7 Å². The summed E-state index contributed by atoms with van der Waals surface area (Å²) in [7, 11) is -3.70. The SMILES string of the molecule is Cc1ccc(Nc2ncc(Br)c(N[C@H](C)CO)n2)cc1S(=O)(=O)NCC1CCC(C#N)CC1. The standard InChI is InChI=1S/C22H29BrN6O3S/c1-14-3-8-18(28-22-25-12-19(23)21(29-22)27-15(2)13-30)9-20(14)33(31,32)26-11-17-6-4-16(10-24)5-7-17/h3,8-9,12,15-17,26,30H,4-7,11,13H2,1-2H3,(H2,25,27,28,29)/t15-,16?,17?/m1/s1. The first-order valence-electron chi connectivity index (χ1n) is 10.9. The van der Waals surface area contributed by atoms with E-state index in [0.29, 0.717) is 34.0 Å². The van der Waals surface area contributed by atoms with Crippen LogP contribution in [0.5, 0.6) is 0 Å². The summed E-state index contributed by atoms with van der Waals surface area (Å²) in [6, 6.07) is 7.18. The van der Waals surface area contributed by atoms with Crippen molar-refractivity contribution in [2.75, 3.05) is 23.8 Å². The summed E-state index contributed by atoms with van der Waals surface area (Å²) in [6.07, 6.45) is 4.93. The lowest BCUT2D eigenvalue weighted by molar-refractivity contribution is 0.281. The second-order valence-electron chi connectivity index (χ2n) is 8.42. The van der Waals surface area contributed by atoms with Gasteiger partial charge in [0.1, 0.15) is 5.82 Å². The number of nitriles is 1. The maximum Gasteiger partial charge on any atom is 0.240 e. The fourth-order valence-corrected chi connectivity index (χ4v) is 5.40. The molecule has 0 bridgehead atoms. The van der Waals surface area contributed by atoms with E-state index in [4.69, 9.17) is 5.26 Å². The number of rotatable bonds is 9. The van der Waals surface area contributed by atoms with Crippen molar-refractivity contribution in [1.29, 1.82) is 5.26 Å². The minimum Gasteiger partial charge on any atom is -0.394 e. The smallest absolute Gasteiger partial charge is 0.240 e. The van der Waals surface area contributed by atoms with Gasteiger partial charge in [0.15, 0.2) is 0 Å². The fraction of sp³-hybridized carbons (Fsp3) is 0.500. The highest BCUT2D eigenvalue weighted by Gasteiger charge is 2.24. The van der Waals surface area contributed by atoms with Gasteiger partial charge in [-0.1, -0.05) is 6.07 Å². The van der Waals surface area contributed by atoms with E-state index in [-0.39, 0.29) is 29.4 Å². The van der Waals surface area contributed by atoms with E-state index in [1.807, 2.05) is 6.92 Å². The predicted molar refractivity (Wildman–Crippen MR) is 131 cm³/mol. The van der Waals surface area contributed by atoms with Crippen LogP contribution in [0.1, 0.15) is 38.2 Å². The Morgan fingerprint density at radius 2 is 2.03 bits per heavy atom. The highest BCUT2D eigenvalue weighted by Crippen LogP contribution is 2.29. The summed E-state index contributed by atoms with van der Waals surface area (Å²) in [5.74, 6) is 1.14. The number of anilines is 3. The number of halogens is 1. The number of aliphatic hydroxyl groups excluding tert-OH is 1. The fourth-order valence-electron chi connectivity index (χ4n) is 3.71. The minimum absolute atomic E-state index is 0.0504. The number of nitrogens with zero attached hydrogens (tertiary/aromatic N) is 3. The quantitative estimate of drug-likeness (QED) is 0.380. The molecule has 1 aromatic heterocycles. The maximum absolute atomic E-state index is 13.0. The van der Waals surface area contributed by atoms with Crippen LogP contribution in [-0.2, 0) is 10.0 Å². The first kappa shape index (κ1) is 25.4. The molecule has 3 rings (SSSR count). The van der Waals surface area contributed by atoms with Gasteiger partial charge in [-0.25, -0.2) is 18.1 Å². The van der Waals surface area contributed by atoms with Gasteiger partial charge in [0.2, 0.25) is 16.0 Å². The molecule has 1 fully saturated rings. The molecule has 1 aliphatic rings. The Labute approximate surface area is 203 Å². The molecule has 0 radical (unpaired) electrons. The molecule has 1 aromatic carbocycles. The average molecular weight is 537 g/mol. The minimum atomic E-state index is -3.70. The second kappa shape index (κ2) is 11.2. The summed E-state index contributed by atoms with van der Waals surface area (Å²) >= 11 is 3.38. The summed E-state index contributed by atoms with van der Waals surface area (Å²) in [5.41, 5.74) is 1.18. The molecule has 1 atom stereocenters. The second-order valence-corrected chi connectivity index (χ2v) is 11.0. The number of hydrogen-bond acceptors (Lipinski definition) is 8. The van der Waals surface area contributed by atoms with Crippen LogP contribution in [0, 0.1) is 30.1 Å². The van der Waals surface area contributed by atoms with E-state index in [1.54, 1.807) is 31.3 Å². The van der Waals surface area contributed by atoms with Gasteiger partial charge >= 0.3 is 0 Å². The van der Waals surface area contributed by atoms with Crippen LogP contribution in [0.4, 0.5) is 17.5 Å². The van der Waals surface area contributed by atoms with Crippen molar-refractivity contribution in [3.05, 3.63) is 34.4 Å². The molecular formula is C22H29BrN6O3S. The third-order valence-corrected chi connectivity index (χ3v) is 7.87. The Morgan fingerprint density at radius 1 is 1.30 bits per heavy atom. The predicted octanol–water partition coefficient (Wildman–Crippen LogP) is 3.69. The number of aryl methyl sites for hydroxylation is 1. The summed E-state index contributed by atoms with van der Waals surface area (Å²) < 4.78 is 29.4. The zero-order valence-corrected chi connectivity index (χ0v) is 21.1. The van der Waals surface area contributed by atoms with Crippen molar-refractivity contribution in [1.82, 2.24) is 14.7 Å². The van der Waals surface area contributed by atoms with Crippen molar-refractivity contribution >= 4 is 43.4 Å². The number of aliphatic hydroxyl groups is 1. The Bertz CT molecular complexity index is 1110. The number of hydrogen-bond donors (Lipinski definition) is 4. The van der Waals surface area contributed by atoms with Crippen LogP contribution < -0.4 is 15.4 Å². The van der Waals surface area contributed by atoms with E-state index >= 15 is 0 Å². The highest BCUT2D eigenvalue weighted by atomic mass is 79.9. The number of aromatic nitrogens is 2. The number of nitrogens with one attached hydrogen (secondary N) is 3. The third-order valence-electron chi connectivity index (χ3n) is 5.73. The molecule has 2 aromatic rings. The van der Waals surface area contributed by atoms with Gasteiger partial charge in [-0.15, -0.1) is 0 Å². The van der Waals surface area contributed by atoms with Crippen LogP contribution in [-0.4, -0.2) is 42.7 Å². The van der Waals surface area contributed by atoms with Gasteiger partial charge in [0.05, 0.1) is 22.0 Å². The maximum atomic E-state index is 13.0. The molecule has 9 nitrogen and oxygen atoms in total. The molecule has 11 heteroatoms. The van der Waals surface area contributed by atoms with Gasteiger partial charge in [-0.3, -0.25) is 0 Å². The number of sulfonamides is 1. The first-order chi connectivity index (χ1) is 15.7. The Balaban J connectivity index is 1.71. The van der Waals surface area contributed by atoms with Gasteiger partial charge in [0.25, 0.3) is 0 Å². The first-order valence-corrected chi connectivity index (χ1v) is 13.2. The average Bonchev–Trinajstić information content (AvgIpc) is 2.81. The molecule has 0 unspecified atom stereocenters. The highest BCUT2D eigenvalue weighted by molar-refractivity contribution is 9.10. The molecular weight excluding hydrogens is 508 g/mol. The summed E-state index contributed by atoms with van der Waals surface area (Å²) in [5, 5.41) is 24.4. The van der Waals surface area contributed by atoms with Gasteiger partial charge < -0.3 is 15.7 Å². The summed E-state index contributed by atoms with van der Waals surface area (Å²) in [4.78, 5) is 8.83. The molecule has 4 N–H and O–H groups in total. The zero-order chi connectivity index (χ0) is 24.0. The van der Waals surface area contributed by atoms with E-state index < -0.39 is 10.0 Å². The van der Waals surface area contributed by atoms with Crippen molar-refractivity contribution in [3.8, 4) is 6.07 Å². The van der Waals surface area contributed by atoms with Gasteiger partial charge in [-0.2, -0.15) is 10.2 Å². The van der Waals surface area contributed by atoms with E-state index in [9.17, 15) is 13.5 Å². The van der Waals surface area contributed by atoms with Crippen LogP contribution in [0.25, 0.3) is 0 Å². The lowest BCUT2D eigenvalue weighted by Crippen LogP contribution is -2.31. The zero-order valence-electron chi connectivity index (χ0n) is 18.7. The van der Waals surface area contributed by atoms with Crippen LogP contribution >= 0.6 is 15.9 Å². The molecule has 1 heterocycles. The molecule has 0 amide bonds. The lowest BCUT2D eigenvalue weighted by Gasteiger charge is -2.25. The molecule has 0 aliphatic heterocycles. The van der Waals surface area contributed by atoms with Crippen molar-refractivity contribution in [2.24, 2.45) is 11.8 Å². The largest absolute Gasteiger partial charge is 0.394 e. The topological polar surface area (TPSA) is 140 Å². The van der Waals surface area contributed by atoms with Crippen molar-refractivity contribution in [2.45, 2.75) is 50.5 Å². The molecule has 1 saturated carbocycles. The van der Waals surface area contributed by atoms with Gasteiger partial charge in [-0.05, 0) is 79.1 Å². The molecule has 33 heavy (non-hydrogen) atoms. The monoisotopic (exact) mass is 536 g/mol. The summed E-state index contributed by atoms with van der Waals surface area (Å²) in [6.45, 7) is 3.89. The van der Waals surface area contributed by atoms with Crippen LogP contribution in [0.3, 0.4) is 0 Å².